The fraction of sp³-hybridized carbons (Fsp3) is 0.316. The number of oxime groups is 1. The molecule has 0 spiro atoms. The number of benzene rings is 1. The Morgan fingerprint density at radius 2 is 2.18 bits per heavy atom. The molecule has 1 N–H and O–H groups in total. The first-order chi connectivity index (χ1) is 13.3. The predicted octanol–water partition coefficient (Wildman–Crippen LogP) is 2.23. The van der Waals surface area contributed by atoms with Gasteiger partial charge in [0.2, 0.25) is 5.88 Å². The van der Waals surface area contributed by atoms with Gasteiger partial charge in [0, 0.05) is 24.1 Å². The molecule has 1 aromatic carbocycles. The quantitative estimate of drug-likeness (QED) is 0.343. The van der Waals surface area contributed by atoms with Gasteiger partial charge in [0.1, 0.15) is 12.2 Å². The number of carbonyl (C=O) groups is 1. The van der Waals surface area contributed by atoms with Gasteiger partial charge in [0.15, 0.2) is 15.6 Å². The van der Waals surface area contributed by atoms with Crippen molar-refractivity contribution >= 4 is 21.3 Å². The van der Waals surface area contributed by atoms with E-state index in [0.717, 1.165) is 0 Å². The minimum absolute atomic E-state index is 0.0602. The van der Waals surface area contributed by atoms with Crippen molar-refractivity contribution in [3.05, 3.63) is 53.2 Å². The Balaban J connectivity index is 2.14. The molecule has 0 fully saturated rings. The van der Waals surface area contributed by atoms with Gasteiger partial charge in [-0.1, -0.05) is 17.8 Å². The molecule has 0 unspecified atom stereocenters. The van der Waals surface area contributed by atoms with E-state index in [1.165, 1.54) is 29.1 Å². The highest BCUT2D eigenvalue weighted by atomic mass is 32.2. The van der Waals surface area contributed by atoms with Crippen molar-refractivity contribution in [3.63, 3.8) is 0 Å². The maximum Gasteiger partial charge on any atom is 0.220 e. The van der Waals surface area contributed by atoms with Crippen molar-refractivity contribution in [1.82, 2.24) is 9.78 Å². The molecule has 9 heteroatoms. The average Bonchev–Trinajstić information content (AvgIpc) is 3.04. The summed E-state index contributed by atoms with van der Waals surface area (Å²) in [6.45, 7) is 7.61. The van der Waals surface area contributed by atoms with E-state index < -0.39 is 15.6 Å². The molecule has 1 aromatic heterocycles. The summed E-state index contributed by atoms with van der Waals surface area (Å²) in [5, 5.41) is 18.2. The highest BCUT2D eigenvalue weighted by Crippen LogP contribution is 2.32. The number of carbonyl (C=O) groups excluding carboxylic acids is 1. The molecule has 0 bridgehead atoms. The summed E-state index contributed by atoms with van der Waals surface area (Å²) in [6.07, 6.45) is 3.02. The minimum Gasteiger partial charge on any atom is -0.493 e. The van der Waals surface area contributed by atoms with Gasteiger partial charge in [0.25, 0.3) is 0 Å². The van der Waals surface area contributed by atoms with Crippen LogP contribution >= 0.6 is 0 Å². The van der Waals surface area contributed by atoms with Crippen LogP contribution in [0, 0.1) is 6.92 Å². The van der Waals surface area contributed by atoms with Crippen LogP contribution in [0.1, 0.15) is 40.4 Å². The smallest absolute Gasteiger partial charge is 0.220 e. The Kier molecular flexibility index (Phi) is 5.37. The van der Waals surface area contributed by atoms with E-state index in [0.29, 0.717) is 23.4 Å². The van der Waals surface area contributed by atoms with Crippen LogP contribution in [0.2, 0.25) is 0 Å². The molecule has 148 valence electrons. The van der Waals surface area contributed by atoms with Crippen molar-refractivity contribution in [1.29, 1.82) is 0 Å². The molecule has 28 heavy (non-hydrogen) atoms. The number of hydrogen-bond donors (Lipinski definition) is 1. The third-order valence-electron chi connectivity index (χ3n) is 4.63. The second-order valence-corrected chi connectivity index (χ2v) is 8.41. The first kappa shape index (κ1) is 19.8. The van der Waals surface area contributed by atoms with Gasteiger partial charge in [-0.05, 0) is 31.5 Å². The highest BCUT2D eigenvalue weighted by Gasteiger charge is 2.32. The molecular weight excluding hydrogens is 382 g/mol. The second-order valence-electron chi connectivity index (χ2n) is 6.33. The number of aryl methyl sites for hydroxylation is 1. The number of fused-ring (bicyclic) bond motifs is 1. The molecule has 1 aliphatic rings. The summed E-state index contributed by atoms with van der Waals surface area (Å²) in [7, 11) is -3.48. The zero-order valence-electron chi connectivity index (χ0n) is 15.7. The van der Waals surface area contributed by atoms with E-state index in [1.54, 1.807) is 13.8 Å². The number of sulfone groups is 1. The Hall–Kier alpha value is -2.94. The molecule has 0 saturated heterocycles. The van der Waals surface area contributed by atoms with Gasteiger partial charge in [-0.3, -0.25) is 4.79 Å². The van der Waals surface area contributed by atoms with Gasteiger partial charge in [-0.15, -0.1) is 0 Å². The molecule has 0 amide bonds. The standard InChI is InChI=1S/C19H21N3O5S/c1-4-9-27-21-15-8-10-28(25,26)16-7-6-13(12(3)17(15)16)18(23)14-11-20-22(5-2)19(14)24/h4,6-7,11,24H,1,5,8-10H2,2-3H3/b21-15-. The zero-order valence-corrected chi connectivity index (χ0v) is 16.5. The van der Waals surface area contributed by atoms with Crippen molar-refractivity contribution in [2.24, 2.45) is 5.16 Å². The fourth-order valence-corrected chi connectivity index (χ4v) is 4.73. The number of hydrogen-bond acceptors (Lipinski definition) is 7. The largest absolute Gasteiger partial charge is 0.493 e. The van der Waals surface area contributed by atoms with E-state index in [4.69, 9.17) is 4.84 Å². The van der Waals surface area contributed by atoms with Crippen molar-refractivity contribution in [2.75, 3.05) is 12.4 Å². The lowest BCUT2D eigenvalue weighted by Gasteiger charge is -2.21. The maximum absolute atomic E-state index is 13.0. The summed E-state index contributed by atoms with van der Waals surface area (Å²) in [4.78, 5) is 18.3. The number of ketones is 1. The SMILES string of the molecule is C=CCO/N=C1/CCS(=O)(=O)c2ccc(C(=O)c3cnn(CC)c3O)c(C)c21. The summed E-state index contributed by atoms with van der Waals surface area (Å²) < 4.78 is 26.3. The van der Waals surface area contributed by atoms with Gasteiger partial charge in [-0.25, -0.2) is 13.1 Å². The normalized spacial score (nSPS) is 16.6. The lowest BCUT2D eigenvalue weighted by atomic mass is 9.93. The Morgan fingerprint density at radius 3 is 2.82 bits per heavy atom. The summed E-state index contributed by atoms with van der Waals surface area (Å²) in [5.74, 6) is -0.736. The lowest BCUT2D eigenvalue weighted by molar-refractivity contribution is 0.103. The molecule has 0 aliphatic carbocycles. The number of nitrogens with zero attached hydrogens (tertiary/aromatic N) is 3. The van der Waals surface area contributed by atoms with E-state index in [1.807, 2.05) is 0 Å². The van der Waals surface area contributed by atoms with Crippen molar-refractivity contribution < 1.29 is 23.2 Å². The van der Waals surface area contributed by atoms with Gasteiger partial charge in [-0.2, -0.15) is 5.10 Å². The minimum atomic E-state index is -3.48. The van der Waals surface area contributed by atoms with Crippen LogP contribution in [-0.4, -0.2) is 47.2 Å². The molecule has 0 saturated carbocycles. The first-order valence-corrected chi connectivity index (χ1v) is 10.4. The Morgan fingerprint density at radius 1 is 1.43 bits per heavy atom. The third kappa shape index (κ3) is 3.33. The number of aromatic nitrogens is 2. The summed E-state index contributed by atoms with van der Waals surface area (Å²) in [5.41, 5.74) is 1.65. The molecule has 1 aliphatic heterocycles. The van der Waals surface area contributed by atoms with E-state index in [2.05, 4.69) is 16.8 Å². The molecular formula is C19H21N3O5S. The molecule has 2 aromatic rings. The Bertz CT molecular complexity index is 1080. The number of aromatic hydroxyl groups is 1. The summed E-state index contributed by atoms with van der Waals surface area (Å²) >= 11 is 0. The van der Waals surface area contributed by atoms with Crippen molar-refractivity contribution in [3.8, 4) is 5.88 Å². The lowest BCUT2D eigenvalue weighted by Crippen LogP contribution is -2.24. The van der Waals surface area contributed by atoms with E-state index in [9.17, 15) is 18.3 Å². The van der Waals surface area contributed by atoms with Crippen LogP contribution in [-0.2, 0) is 21.2 Å². The molecule has 2 heterocycles. The monoisotopic (exact) mass is 403 g/mol. The van der Waals surface area contributed by atoms with Crippen LogP contribution in [0.25, 0.3) is 0 Å². The van der Waals surface area contributed by atoms with Crippen molar-refractivity contribution in [2.45, 2.75) is 31.7 Å². The molecule has 0 atom stereocenters. The maximum atomic E-state index is 13.0. The van der Waals surface area contributed by atoms with Crippen LogP contribution in [0.5, 0.6) is 5.88 Å². The van der Waals surface area contributed by atoms with Crippen LogP contribution in [0.15, 0.2) is 41.0 Å². The summed E-state index contributed by atoms with van der Waals surface area (Å²) in [6, 6.07) is 2.87. The van der Waals surface area contributed by atoms with Gasteiger partial charge in [0.05, 0.1) is 22.6 Å². The Labute approximate surface area is 163 Å². The van der Waals surface area contributed by atoms with E-state index >= 15 is 0 Å². The van der Waals surface area contributed by atoms with Crippen LogP contribution in [0.4, 0.5) is 0 Å². The number of rotatable bonds is 6. The van der Waals surface area contributed by atoms with Crippen LogP contribution in [0.3, 0.4) is 0 Å². The average molecular weight is 403 g/mol. The fourth-order valence-electron chi connectivity index (χ4n) is 3.19. The third-order valence-corrected chi connectivity index (χ3v) is 6.38. The molecule has 8 nitrogen and oxygen atoms in total. The van der Waals surface area contributed by atoms with Crippen LogP contribution < -0.4 is 0 Å². The molecule has 3 rings (SSSR count). The predicted molar refractivity (Wildman–Crippen MR) is 104 cm³/mol. The van der Waals surface area contributed by atoms with Gasteiger partial charge >= 0.3 is 0 Å². The highest BCUT2D eigenvalue weighted by molar-refractivity contribution is 7.91. The van der Waals surface area contributed by atoms with E-state index in [-0.39, 0.29) is 40.7 Å². The zero-order chi connectivity index (χ0) is 20.5. The molecule has 0 radical (unpaired) electrons. The topological polar surface area (TPSA) is 111 Å². The first-order valence-electron chi connectivity index (χ1n) is 8.77. The van der Waals surface area contributed by atoms with Gasteiger partial charge < -0.3 is 9.94 Å². The second kappa shape index (κ2) is 7.59.